The fourth-order valence-corrected chi connectivity index (χ4v) is 3.37. The van der Waals surface area contributed by atoms with Gasteiger partial charge in [-0.1, -0.05) is 23.7 Å². The van der Waals surface area contributed by atoms with Gasteiger partial charge in [0.25, 0.3) is 0 Å². The molecule has 0 spiro atoms. The largest absolute Gasteiger partial charge is 0.497 e. The SMILES string of the molecule is COc1ccc(OC)c(NC(=O)N2CCCC2c2cccc(Cl)c2)c1. The molecule has 2 aromatic carbocycles. The van der Waals surface area contributed by atoms with Crippen molar-refractivity contribution < 1.29 is 14.3 Å². The highest BCUT2D eigenvalue weighted by Crippen LogP contribution is 2.35. The number of rotatable bonds is 4. The molecule has 2 amide bonds. The highest BCUT2D eigenvalue weighted by molar-refractivity contribution is 6.30. The fraction of sp³-hybridized carbons (Fsp3) is 0.316. The van der Waals surface area contributed by atoms with Crippen molar-refractivity contribution in [2.45, 2.75) is 18.9 Å². The molecule has 1 atom stereocenters. The number of urea groups is 1. The Morgan fingerprint density at radius 2 is 2.04 bits per heavy atom. The average Bonchev–Trinajstić information content (AvgIpc) is 3.11. The summed E-state index contributed by atoms with van der Waals surface area (Å²) in [7, 11) is 3.16. The van der Waals surface area contributed by atoms with Gasteiger partial charge in [0.05, 0.1) is 25.9 Å². The Labute approximate surface area is 152 Å². The van der Waals surface area contributed by atoms with Crippen molar-refractivity contribution in [3.63, 3.8) is 0 Å². The molecule has 0 aliphatic carbocycles. The van der Waals surface area contributed by atoms with Crippen molar-refractivity contribution in [1.82, 2.24) is 4.90 Å². The van der Waals surface area contributed by atoms with E-state index in [0.29, 0.717) is 28.8 Å². The van der Waals surface area contributed by atoms with Crippen LogP contribution in [0.3, 0.4) is 0 Å². The van der Waals surface area contributed by atoms with Gasteiger partial charge in [0.15, 0.2) is 0 Å². The number of halogens is 1. The number of carbonyl (C=O) groups excluding carboxylic acids is 1. The summed E-state index contributed by atoms with van der Waals surface area (Å²) in [5.41, 5.74) is 1.64. The Kier molecular flexibility index (Phi) is 5.34. The van der Waals surface area contributed by atoms with E-state index in [2.05, 4.69) is 5.32 Å². The zero-order chi connectivity index (χ0) is 17.8. The Balaban J connectivity index is 1.81. The highest BCUT2D eigenvalue weighted by Gasteiger charge is 2.30. The lowest BCUT2D eigenvalue weighted by Gasteiger charge is -2.26. The lowest BCUT2D eigenvalue weighted by atomic mass is 10.1. The summed E-state index contributed by atoms with van der Waals surface area (Å²) < 4.78 is 10.6. The number of nitrogens with one attached hydrogen (secondary N) is 1. The molecule has 6 heteroatoms. The molecule has 0 saturated carbocycles. The van der Waals surface area contributed by atoms with Crippen LogP contribution in [-0.2, 0) is 0 Å². The van der Waals surface area contributed by atoms with Gasteiger partial charge in [0, 0.05) is 17.6 Å². The van der Waals surface area contributed by atoms with Crippen LogP contribution in [0.4, 0.5) is 10.5 Å². The maximum Gasteiger partial charge on any atom is 0.322 e. The minimum absolute atomic E-state index is 0.0234. The zero-order valence-corrected chi connectivity index (χ0v) is 15.0. The van der Waals surface area contributed by atoms with Crippen LogP contribution in [0.15, 0.2) is 42.5 Å². The molecule has 1 aliphatic heterocycles. The highest BCUT2D eigenvalue weighted by atomic mass is 35.5. The van der Waals surface area contributed by atoms with Gasteiger partial charge in [-0.05, 0) is 42.7 Å². The summed E-state index contributed by atoms with van der Waals surface area (Å²) in [5, 5.41) is 3.62. The van der Waals surface area contributed by atoms with E-state index < -0.39 is 0 Å². The second-order valence-corrected chi connectivity index (χ2v) is 6.34. The normalized spacial score (nSPS) is 16.6. The molecule has 1 fully saturated rings. The van der Waals surface area contributed by atoms with Crippen LogP contribution >= 0.6 is 11.6 Å². The van der Waals surface area contributed by atoms with Crippen LogP contribution in [-0.4, -0.2) is 31.7 Å². The van der Waals surface area contributed by atoms with Crippen LogP contribution in [0.5, 0.6) is 11.5 Å². The summed E-state index contributed by atoms with van der Waals surface area (Å²) >= 11 is 6.10. The number of benzene rings is 2. The number of carbonyl (C=O) groups is 1. The van der Waals surface area contributed by atoms with Crippen molar-refractivity contribution in [3.05, 3.63) is 53.1 Å². The molecule has 132 valence electrons. The third kappa shape index (κ3) is 3.82. The molecular weight excluding hydrogens is 340 g/mol. The van der Waals surface area contributed by atoms with Gasteiger partial charge >= 0.3 is 6.03 Å². The van der Waals surface area contributed by atoms with Crippen molar-refractivity contribution in [1.29, 1.82) is 0 Å². The molecule has 5 nitrogen and oxygen atoms in total. The van der Waals surface area contributed by atoms with Crippen LogP contribution in [0.1, 0.15) is 24.4 Å². The first-order valence-corrected chi connectivity index (χ1v) is 8.55. The number of nitrogens with zero attached hydrogens (tertiary/aromatic N) is 1. The molecule has 1 saturated heterocycles. The van der Waals surface area contributed by atoms with Crippen molar-refractivity contribution in [3.8, 4) is 11.5 Å². The number of amides is 2. The quantitative estimate of drug-likeness (QED) is 0.857. The number of hydrogen-bond donors (Lipinski definition) is 1. The minimum atomic E-state index is -0.158. The lowest BCUT2D eigenvalue weighted by Crippen LogP contribution is -2.34. The average molecular weight is 361 g/mol. The van der Waals surface area contributed by atoms with E-state index in [9.17, 15) is 4.79 Å². The third-order valence-corrected chi connectivity index (χ3v) is 4.63. The van der Waals surface area contributed by atoms with E-state index in [0.717, 1.165) is 18.4 Å². The predicted octanol–water partition coefficient (Wildman–Crippen LogP) is 4.73. The summed E-state index contributed by atoms with van der Waals surface area (Å²) in [6.07, 6.45) is 1.88. The molecule has 1 unspecified atom stereocenters. The minimum Gasteiger partial charge on any atom is -0.497 e. The van der Waals surface area contributed by atoms with Crippen molar-refractivity contribution in [2.75, 3.05) is 26.1 Å². The monoisotopic (exact) mass is 360 g/mol. The standard InChI is InChI=1S/C19H21ClN2O3/c1-24-15-8-9-18(25-2)16(12-15)21-19(23)22-10-4-7-17(22)13-5-3-6-14(20)11-13/h3,5-6,8-9,11-12,17H,4,7,10H2,1-2H3,(H,21,23). The number of methoxy groups -OCH3 is 2. The Morgan fingerprint density at radius 3 is 2.76 bits per heavy atom. The smallest absolute Gasteiger partial charge is 0.322 e. The second kappa shape index (κ2) is 7.66. The summed E-state index contributed by atoms with van der Waals surface area (Å²) in [6, 6.07) is 12.9. The summed E-state index contributed by atoms with van der Waals surface area (Å²) in [5.74, 6) is 1.25. The van der Waals surface area contributed by atoms with Gasteiger partial charge in [0.1, 0.15) is 11.5 Å². The summed E-state index contributed by atoms with van der Waals surface area (Å²) in [4.78, 5) is 14.7. The first-order chi connectivity index (χ1) is 12.1. The molecule has 25 heavy (non-hydrogen) atoms. The van der Waals surface area contributed by atoms with Gasteiger partial charge < -0.3 is 19.7 Å². The van der Waals surface area contributed by atoms with Gasteiger partial charge in [0.2, 0.25) is 0 Å². The van der Waals surface area contributed by atoms with E-state index in [1.54, 1.807) is 32.4 Å². The Morgan fingerprint density at radius 1 is 1.20 bits per heavy atom. The predicted molar refractivity (Wildman–Crippen MR) is 98.7 cm³/mol. The fourth-order valence-electron chi connectivity index (χ4n) is 3.17. The molecule has 1 N–H and O–H groups in total. The van der Waals surface area contributed by atoms with Crippen LogP contribution in [0.2, 0.25) is 5.02 Å². The molecule has 3 rings (SSSR count). The molecule has 1 aliphatic rings. The first kappa shape index (κ1) is 17.4. The van der Waals surface area contributed by atoms with Gasteiger partial charge in [-0.25, -0.2) is 4.79 Å². The molecule has 0 bridgehead atoms. The molecule has 0 radical (unpaired) electrons. The van der Waals surface area contributed by atoms with E-state index in [4.69, 9.17) is 21.1 Å². The van der Waals surface area contributed by atoms with Crippen LogP contribution in [0.25, 0.3) is 0 Å². The number of hydrogen-bond acceptors (Lipinski definition) is 3. The van der Waals surface area contributed by atoms with E-state index in [1.807, 2.05) is 29.2 Å². The molecule has 1 heterocycles. The maximum atomic E-state index is 12.8. The number of likely N-dealkylation sites (tertiary alicyclic amines) is 1. The van der Waals surface area contributed by atoms with E-state index in [1.165, 1.54) is 0 Å². The van der Waals surface area contributed by atoms with Gasteiger partial charge in [-0.2, -0.15) is 0 Å². The number of anilines is 1. The Hall–Kier alpha value is -2.40. The molecule has 0 aromatic heterocycles. The lowest BCUT2D eigenvalue weighted by molar-refractivity contribution is 0.207. The zero-order valence-electron chi connectivity index (χ0n) is 14.3. The van der Waals surface area contributed by atoms with Crippen LogP contribution < -0.4 is 14.8 Å². The maximum absolute atomic E-state index is 12.8. The van der Waals surface area contributed by atoms with Gasteiger partial charge in [-0.15, -0.1) is 0 Å². The molecular formula is C19H21ClN2O3. The van der Waals surface area contributed by atoms with Gasteiger partial charge in [-0.3, -0.25) is 0 Å². The molecule has 2 aromatic rings. The first-order valence-electron chi connectivity index (χ1n) is 8.17. The topological polar surface area (TPSA) is 50.8 Å². The van der Waals surface area contributed by atoms with E-state index in [-0.39, 0.29) is 12.1 Å². The van der Waals surface area contributed by atoms with Crippen molar-refractivity contribution in [2.24, 2.45) is 0 Å². The van der Waals surface area contributed by atoms with Crippen LogP contribution in [0, 0.1) is 0 Å². The number of ether oxygens (including phenoxy) is 2. The van der Waals surface area contributed by atoms with Crippen molar-refractivity contribution >= 4 is 23.3 Å². The second-order valence-electron chi connectivity index (χ2n) is 5.90. The summed E-state index contributed by atoms with van der Waals surface area (Å²) in [6.45, 7) is 0.704. The van der Waals surface area contributed by atoms with E-state index >= 15 is 0 Å². The third-order valence-electron chi connectivity index (χ3n) is 4.40. The Bertz CT molecular complexity index is 766.